The van der Waals surface area contributed by atoms with Gasteiger partial charge < -0.3 is 14.7 Å². The highest BCUT2D eigenvalue weighted by atomic mass is 16.6. The molecule has 0 amide bonds. The van der Waals surface area contributed by atoms with Gasteiger partial charge >= 0.3 is 7.32 Å². The summed E-state index contributed by atoms with van der Waals surface area (Å²) in [6.45, 7) is 0. The van der Waals surface area contributed by atoms with Crippen LogP contribution in [0.1, 0.15) is 5.56 Å². The van der Waals surface area contributed by atoms with Gasteiger partial charge in [0.15, 0.2) is 0 Å². The molecule has 0 aliphatic rings. The van der Waals surface area contributed by atoms with Crippen molar-refractivity contribution < 1.29 is 19.5 Å². The molecular weight excluding hydrogens is 171 g/mol. The van der Waals surface area contributed by atoms with Crippen LogP contribution in [0.15, 0.2) is 30.3 Å². The van der Waals surface area contributed by atoms with Crippen molar-refractivity contribution >= 4 is 13.3 Å². The minimum atomic E-state index is -2.03. The van der Waals surface area contributed by atoms with Crippen molar-refractivity contribution in [1.82, 2.24) is 0 Å². The standard InChI is InChI=1S/C8H9BO4/c10-8(13-9(11)12)6-7-4-2-1-3-5-7/h1-5,11-12H,6H2. The predicted octanol–water partition coefficient (Wildman–Crippen LogP) is -0.258. The molecule has 1 aromatic rings. The summed E-state index contributed by atoms with van der Waals surface area (Å²) >= 11 is 0. The van der Waals surface area contributed by atoms with Gasteiger partial charge in [0, 0.05) is 0 Å². The van der Waals surface area contributed by atoms with E-state index in [1.54, 1.807) is 24.3 Å². The molecule has 68 valence electrons. The second-order valence-corrected chi connectivity index (χ2v) is 2.48. The molecule has 0 heterocycles. The maximum atomic E-state index is 10.9. The quantitative estimate of drug-likeness (QED) is 0.629. The number of carbonyl (C=O) groups is 1. The van der Waals surface area contributed by atoms with Gasteiger partial charge in [0.1, 0.15) is 0 Å². The number of hydrogen-bond acceptors (Lipinski definition) is 4. The highest BCUT2D eigenvalue weighted by Crippen LogP contribution is 2.00. The molecule has 0 saturated heterocycles. The summed E-state index contributed by atoms with van der Waals surface area (Å²) in [6.07, 6.45) is 0.0401. The monoisotopic (exact) mass is 180 g/mol. The molecule has 0 radical (unpaired) electrons. The second-order valence-electron chi connectivity index (χ2n) is 2.48. The van der Waals surface area contributed by atoms with E-state index in [1.165, 1.54) is 0 Å². The van der Waals surface area contributed by atoms with Crippen molar-refractivity contribution in [2.45, 2.75) is 6.42 Å². The van der Waals surface area contributed by atoms with E-state index in [1.807, 2.05) is 6.07 Å². The molecule has 0 atom stereocenters. The second kappa shape index (κ2) is 4.64. The van der Waals surface area contributed by atoms with Crippen LogP contribution in [0.4, 0.5) is 0 Å². The molecule has 0 aliphatic carbocycles. The molecule has 2 N–H and O–H groups in total. The zero-order valence-electron chi connectivity index (χ0n) is 6.88. The van der Waals surface area contributed by atoms with Gasteiger partial charge in [-0.1, -0.05) is 30.3 Å². The fraction of sp³-hybridized carbons (Fsp3) is 0.125. The minimum Gasteiger partial charge on any atom is -0.485 e. The minimum absolute atomic E-state index is 0.0401. The largest absolute Gasteiger partial charge is 0.709 e. The van der Waals surface area contributed by atoms with Crippen LogP contribution in [0.5, 0.6) is 0 Å². The maximum absolute atomic E-state index is 10.9. The summed E-state index contributed by atoms with van der Waals surface area (Å²) in [5, 5.41) is 16.6. The Morgan fingerprint density at radius 2 is 1.92 bits per heavy atom. The first-order valence-corrected chi connectivity index (χ1v) is 3.78. The van der Waals surface area contributed by atoms with Gasteiger partial charge in [-0.3, -0.25) is 4.79 Å². The normalized spacial score (nSPS) is 9.38. The van der Waals surface area contributed by atoms with E-state index in [9.17, 15) is 4.79 Å². The lowest BCUT2D eigenvalue weighted by Crippen LogP contribution is -2.23. The van der Waals surface area contributed by atoms with Crippen LogP contribution < -0.4 is 0 Å². The molecule has 0 aromatic heterocycles. The van der Waals surface area contributed by atoms with E-state index in [-0.39, 0.29) is 6.42 Å². The van der Waals surface area contributed by atoms with E-state index in [0.717, 1.165) is 5.56 Å². The fourth-order valence-corrected chi connectivity index (χ4v) is 0.922. The third kappa shape index (κ3) is 3.73. The number of benzene rings is 1. The zero-order valence-corrected chi connectivity index (χ0v) is 6.88. The fourth-order valence-electron chi connectivity index (χ4n) is 0.922. The highest BCUT2D eigenvalue weighted by molar-refractivity contribution is 6.35. The Morgan fingerprint density at radius 3 is 2.46 bits per heavy atom. The third-order valence-corrected chi connectivity index (χ3v) is 1.43. The lowest BCUT2D eigenvalue weighted by molar-refractivity contribution is -0.136. The Bertz CT molecular complexity index is 273. The summed E-state index contributed by atoms with van der Waals surface area (Å²) in [5.41, 5.74) is 0.771. The molecule has 0 saturated carbocycles. The topological polar surface area (TPSA) is 66.8 Å². The first-order chi connectivity index (χ1) is 6.18. The van der Waals surface area contributed by atoms with Crippen LogP contribution in [0.2, 0.25) is 0 Å². The van der Waals surface area contributed by atoms with E-state index < -0.39 is 13.3 Å². The van der Waals surface area contributed by atoms with Crippen molar-refractivity contribution in [3.8, 4) is 0 Å². The lowest BCUT2D eigenvalue weighted by atomic mass is 10.1. The van der Waals surface area contributed by atoms with Gasteiger partial charge in [0.2, 0.25) is 0 Å². The number of rotatable bonds is 3. The van der Waals surface area contributed by atoms with E-state index in [2.05, 4.69) is 4.65 Å². The van der Waals surface area contributed by atoms with Gasteiger partial charge in [-0.15, -0.1) is 0 Å². The van der Waals surface area contributed by atoms with Gasteiger partial charge in [-0.05, 0) is 5.56 Å². The first-order valence-electron chi connectivity index (χ1n) is 3.78. The smallest absolute Gasteiger partial charge is 0.485 e. The van der Waals surface area contributed by atoms with Crippen LogP contribution in [0.25, 0.3) is 0 Å². The number of carbonyl (C=O) groups excluding carboxylic acids is 1. The molecule has 13 heavy (non-hydrogen) atoms. The SMILES string of the molecule is O=C(Cc1ccccc1)OB(O)O. The predicted molar refractivity (Wildman–Crippen MR) is 46.4 cm³/mol. The Labute approximate surface area is 76.0 Å². The molecule has 1 aromatic carbocycles. The molecule has 0 spiro atoms. The van der Waals surface area contributed by atoms with E-state index >= 15 is 0 Å². The van der Waals surface area contributed by atoms with Crippen molar-refractivity contribution in [2.75, 3.05) is 0 Å². The molecule has 5 heteroatoms. The summed E-state index contributed by atoms with van der Waals surface area (Å²) in [6, 6.07) is 8.92. The zero-order chi connectivity index (χ0) is 9.68. The molecular formula is C8H9BO4. The van der Waals surface area contributed by atoms with Gasteiger partial charge in [-0.2, -0.15) is 0 Å². The van der Waals surface area contributed by atoms with Crippen molar-refractivity contribution in [2.24, 2.45) is 0 Å². The summed E-state index contributed by atoms with van der Waals surface area (Å²) in [7, 11) is -2.03. The molecule has 1 rings (SSSR count). The summed E-state index contributed by atoms with van der Waals surface area (Å²) in [5.74, 6) is -0.666. The lowest BCUT2D eigenvalue weighted by Gasteiger charge is -2.02. The van der Waals surface area contributed by atoms with Crippen LogP contribution in [-0.4, -0.2) is 23.3 Å². The maximum Gasteiger partial charge on any atom is 0.709 e. The van der Waals surface area contributed by atoms with Gasteiger partial charge in [-0.25, -0.2) is 0 Å². The van der Waals surface area contributed by atoms with Crippen LogP contribution in [0, 0.1) is 0 Å². The van der Waals surface area contributed by atoms with Gasteiger partial charge in [0.05, 0.1) is 6.42 Å². The average molecular weight is 180 g/mol. The van der Waals surface area contributed by atoms with Gasteiger partial charge in [0.25, 0.3) is 5.97 Å². The van der Waals surface area contributed by atoms with E-state index in [0.29, 0.717) is 0 Å². The van der Waals surface area contributed by atoms with E-state index in [4.69, 9.17) is 10.0 Å². The molecule has 4 nitrogen and oxygen atoms in total. The van der Waals surface area contributed by atoms with Crippen LogP contribution in [0.3, 0.4) is 0 Å². The average Bonchev–Trinajstić information content (AvgIpc) is 2.04. The third-order valence-electron chi connectivity index (χ3n) is 1.43. The van der Waals surface area contributed by atoms with Crippen molar-refractivity contribution in [3.05, 3.63) is 35.9 Å². The highest BCUT2D eigenvalue weighted by Gasteiger charge is 2.15. The van der Waals surface area contributed by atoms with Crippen LogP contribution >= 0.6 is 0 Å². The Morgan fingerprint density at radius 1 is 1.31 bits per heavy atom. The first kappa shape index (κ1) is 9.76. The summed E-state index contributed by atoms with van der Waals surface area (Å²) in [4.78, 5) is 10.9. The summed E-state index contributed by atoms with van der Waals surface area (Å²) < 4.78 is 4.13. The van der Waals surface area contributed by atoms with Crippen LogP contribution in [-0.2, 0) is 15.9 Å². The van der Waals surface area contributed by atoms with Crippen molar-refractivity contribution in [1.29, 1.82) is 0 Å². The number of hydrogen-bond donors (Lipinski definition) is 2. The Kier molecular flexibility index (Phi) is 3.48. The molecule has 0 aliphatic heterocycles. The molecule has 0 unspecified atom stereocenters. The molecule has 0 fully saturated rings. The Hall–Kier alpha value is -1.33. The molecule has 0 bridgehead atoms. The Balaban J connectivity index is 2.46. The van der Waals surface area contributed by atoms with Crippen molar-refractivity contribution in [3.63, 3.8) is 0 Å².